The molecule has 0 fully saturated rings. The summed E-state index contributed by atoms with van der Waals surface area (Å²) in [6.07, 6.45) is 3.72. The predicted octanol–water partition coefficient (Wildman–Crippen LogP) is 4.62. The van der Waals surface area contributed by atoms with Crippen molar-refractivity contribution < 1.29 is 0 Å². The Bertz CT molecular complexity index is 271. The van der Waals surface area contributed by atoms with Crippen LogP contribution in [0.4, 0.5) is 0 Å². The zero-order chi connectivity index (χ0) is 12.0. The Hall–Kier alpha value is -0.340. The molecule has 1 rings (SSSR count). The minimum Gasteiger partial charge on any atom is -0.309 e. The van der Waals surface area contributed by atoms with Crippen LogP contribution in [0.15, 0.2) is 17.5 Å². The number of rotatable bonds is 6. The molecule has 1 aromatic rings. The molecule has 1 unspecified atom stereocenters. The van der Waals surface area contributed by atoms with E-state index < -0.39 is 0 Å². The van der Waals surface area contributed by atoms with Crippen molar-refractivity contribution in [2.45, 2.75) is 53.0 Å². The van der Waals surface area contributed by atoms with Gasteiger partial charge >= 0.3 is 0 Å². The third-order valence-electron chi connectivity index (χ3n) is 2.73. The van der Waals surface area contributed by atoms with Crippen LogP contribution in [-0.4, -0.2) is 6.54 Å². The van der Waals surface area contributed by atoms with E-state index in [4.69, 9.17) is 0 Å². The van der Waals surface area contributed by atoms with Crippen LogP contribution in [0.25, 0.3) is 0 Å². The Balaban J connectivity index is 2.41. The van der Waals surface area contributed by atoms with Gasteiger partial charge in [-0.25, -0.2) is 0 Å². The van der Waals surface area contributed by atoms with E-state index in [-0.39, 0.29) is 0 Å². The van der Waals surface area contributed by atoms with Gasteiger partial charge in [0.1, 0.15) is 0 Å². The van der Waals surface area contributed by atoms with Crippen molar-refractivity contribution in [1.29, 1.82) is 0 Å². The summed E-state index contributed by atoms with van der Waals surface area (Å²) in [6, 6.07) is 4.95. The Labute approximate surface area is 104 Å². The van der Waals surface area contributed by atoms with Crippen LogP contribution in [0, 0.1) is 5.41 Å². The molecule has 0 aliphatic heterocycles. The quantitative estimate of drug-likeness (QED) is 0.764. The van der Waals surface area contributed by atoms with Crippen LogP contribution in [-0.2, 0) is 0 Å². The fourth-order valence-corrected chi connectivity index (χ4v) is 2.58. The van der Waals surface area contributed by atoms with Gasteiger partial charge in [0.25, 0.3) is 0 Å². The van der Waals surface area contributed by atoms with Gasteiger partial charge in [0.2, 0.25) is 0 Å². The Morgan fingerprint density at radius 2 is 2.12 bits per heavy atom. The lowest BCUT2D eigenvalue weighted by molar-refractivity contribution is 0.351. The predicted molar refractivity (Wildman–Crippen MR) is 74.0 cm³/mol. The van der Waals surface area contributed by atoms with Crippen LogP contribution in [0.1, 0.15) is 57.9 Å². The van der Waals surface area contributed by atoms with Gasteiger partial charge in [-0.3, -0.25) is 0 Å². The molecule has 0 spiro atoms. The summed E-state index contributed by atoms with van der Waals surface area (Å²) in [5, 5.41) is 5.86. The molecular weight excluding hydrogens is 214 g/mol. The van der Waals surface area contributed by atoms with E-state index in [1.165, 1.54) is 24.1 Å². The van der Waals surface area contributed by atoms with Gasteiger partial charge in [0.05, 0.1) is 0 Å². The van der Waals surface area contributed by atoms with E-state index in [1.807, 2.05) is 11.3 Å². The van der Waals surface area contributed by atoms with Gasteiger partial charge in [-0.05, 0) is 36.2 Å². The molecule has 0 bridgehead atoms. The van der Waals surface area contributed by atoms with E-state index in [9.17, 15) is 0 Å². The molecule has 0 saturated carbocycles. The van der Waals surface area contributed by atoms with Crippen molar-refractivity contribution in [3.8, 4) is 0 Å². The first-order valence-electron chi connectivity index (χ1n) is 6.29. The molecular formula is C14H25NS. The second-order valence-electron chi connectivity index (χ2n) is 5.62. The highest BCUT2D eigenvalue weighted by atomic mass is 32.1. The first-order chi connectivity index (χ1) is 7.53. The summed E-state index contributed by atoms with van der Waals surface area (Å²) in [4.78, 5) is 1.48. The Kier molecular flexibility index (Phi) is 5.50. The standard InChI is InChI=1S/C14H25NS/c1-5-7-12(13-8-6-11-16-13)15-10-9-14(2,3)4/h6,8,11-12,15H,5,7,9-10H2,1-4H3. The van der Waals surface area contributed by atoms with Crippen LogP contribution < -0.4 is 5.32 Å². The highest BCUT2D eigenvalue weighted by Gasteiger charge is 2.13. The third-order valence-corrected chi connectivity index (χ3v) is 3.72. The monoisotopic (exact) mass is 239 g/mol. The van der Waals surface area contributed by atoms with Crippen molar-refractivity contribution in [3.63, 3.8) is 0 Å². The lowest BCUT2D eigenvalue weighted by atomic mass is 9.92. The average Bonchev–Trinajstić information content (AvgIpc) is 2.67. The highest BCUT2D eigenvalue weighted by molar-refractivity contribution is 7.10. The molecule has 0 amide bonds. The average molecular weight is 239 g/mol. The Morgan fingerprint density at radius 1 is 1.38 bits per heavy atom. The van der Waals surface area contributed by atoms with E-state index in [2.05, 4.69) is 50.5 Å². The molecule has 0 aliphatic carbocycles. The molecule has 1 atom stereocenters. The second-order valence-corrected chi connectivity index (χ2v) is 6.60. The van der Waals surface area contributed by atoms with Crippen LogP contribution in [0.5, 0.6) is 0 Å². The number of thiophene rings is 1. The normalized spacial score (nSPS) is 14.0. The lowest BCUT2D eigenvalue weighted by Gasteiger charge is -2.22. The summed E-state index contributed by atoms with van der Waals surface area (Å²) in [6.45, 7) is 10.3. The summed E-state index contributed by atoms with van der Waals surface area (Å²) in [7, 11) is 0. The number of hydrogen-bond donors (Lipinski definition) is 1. The molecule has 0 aromatic carbocycles. The molecule has 0 radical (unpaired) electrons. The zero-order valence-corrected chi connectivity index (χ0v) is 11.9. The first kappa shape index (κ1) is 13.7. The van der Waals surface area contributed by atoms with Crippen molar-refractivity contribution in [2.24, 2.45) is 5.41 Å². The number of hydrogen-bond acceptors (Lipinski definition) is 2. The summed E-state index contributed by atoms with van der Waals surface area (Å²) < 4.78 is 0. The summed E-state index contributed by atoms with van der Waals surface area (Å²) in [5.41, 5.74) is 0.430. The van der Waals surface area contributed by atoms with Gasteiger partial charge in [-0.15, -0.1) is 11.3 Å². The Morgan fingerprint density at radius 3 is 2.62 bits per heavy atom. The molecule has 0 aliphatic rings. The van der Waals surface area contributed by atoms with Gasteiger partial charge in [-0.1, -0.05) is 40.2 Å². The van der Waals surface area contributed by atoms with E-state index in [0.717, 1.165) is 6.54 Å². The minimum absolute atomic E-state index is 0.430. The first-order valence-corrected chi connectivity index (χ1v) is 7.17. The molecule has 0 saturated heterocycles. The highest BCUT2D eigenvalue weighted by Crippen LogP contribution is 2.24. The summed E-state index contributed by atoms with van der Waals surface area (Å²) >= 11 is 1.87. The largest absolute Gasteiger partial charge is 0.309 e. The fourth-order valence-electron chi connectivity index (χ4n) is 1.74. The van der Waals surface area contributed by atoms with Gasteiger partial charge in [0, 0.05) is 10.9 Å². The zero-order valence-electron chi connectivity index (χ0n) is 11.0. The minimum atomic E-state index is 0.430. The fraction of sp³-hybridized carbons (Fsp3) is 0.714. The smallest absolute Gasteiger partial charge is 0.0414 e. The lowest BCUT2D eigenvalue weighted by Crippen LogP contribution is -2.24. The molecule has 1 N–H and O–H groups in total. The van der Waals surface area contributed by atoms with Gasteiger partial charge in [0.15, 0.2) is 0 Å². The molecule has 16 heavy (non-hydrogen) atoms. The van der Waals surface area contributed by atoms with E-state index in [0.29, 0.717) is 11.5 Å². The molecule has 1 heterocycles. The van der Waals surface area contributed by atoms with Crippen LogP contribution >= 0.6 is 11.3 Å². The van der Waals surface area contributed by atoms with Crippen LogP contribution in [0.2, 0.25) is 0 Å². The van der Waals surface area contributed by atoms with Crippen molar-refractivity contribution in [2.75, 3.05) is 6.54 Å². The molecule has 2 heteroatoms. The van der Waals surface area contributed by atoms with E-state index in [1.54, 1.807) is 0 Å². The molecule has 1 nitrogen and oxygen atoms in total. The van der Waals surface area contributed by atoms with Crippen LogP contribution in [0.3, 0.4) is 0 Å². The third kappa shape index (κ3) is 5.13. The SMILES string of the molecule is CCCC(NCCC(C)(C)C)c1cccs1. The summed E-state index contributed by atoms with van der Waals surface area (Å²) in [5.74, 6) is 0. The van der Waals surface area contributed by atoms with Crippen molar-refractivity contribution in [1.82, 2.24) is 5.32 Å². The topological polar surface area (TPSA) is 12.0 Å². The van der Waals surface area contributed by atoms with Crippen molar-refractivity contribution >= 4 is 11.3 Å². The maximum absolute atomic E-state index is 3.69. The molecule has 1 aromatic heterocycles. The second kappa shape index (κ2) is 6.41. The molecule has 92 valence electrons. The van der Waals surface area contributed by atoms with Crippen molar-refractivity contribution in [3.05, 3.63) is 22.4 Å². The van der Waals surface area contributed by atoms with E-state index >= 15 is 0 Å². The number of nitrogens with one attached hydrogen (secondary N) is 1. The van der Waals surface area contributed by atoms with Gasteiger partial charge < -0.3 is 5.32 Å². The maximum atomic E-state index is 3.69. The van der Waals surface area contributed by atoms with Gasteiger partial charge in [-0.2, -0.15) is 0 Å². The maximum Gasteiger partial charge on any atom is 0.0414 e.